The summed E-state index contributed by atoms with van der Waals surface area (Å²) in [5.41, 5.74) is 2.50. The van der Waals surface area contributed by atoms with E-state index in [1.807, 2.05) is 0 Å². The van der Waals surface area contributed by atoms with Gasteiger partial charge in [-0.2, -0.15) is 0 Å². The molecular weight excluding hydrogens is 289 g/mol. The Morgan fingerprint density at radius 2 is 2.06 bits per heavy atom. The quantitative estimate of drug-likeness (QED) is 0.561. The molecule has 1 atom stereocenters. The van der Waals surface area contributed by atoms with Crippen LogP contribution in [-0.4, -0.2) is 12.4 Å². The van der Waals surface area contributed by atoms with Gasteiger partial charge in [0.15, 0.2) is 0 Å². The average Bonchev–Trinajstić information content (AvgIpc) is 2.70. The zero-order valence-corrected chi connectivity index (χ0v) is 12.8. The summed E-state index contributed by atoms with van der Waals surface area (Å²) in [5.74, 6) is 0.733. The van der Waals surface area contributed by atoms with Crippen LogP contribution in [0.15, 0.2) is 12.1 Å². The van der Waals surface area contributed by atoms with E-state index in [4.69, 9.17) is 34.8 Å². The summed E-state index contributed by atoms with van der Waals surface area (Å²) in [4.78, 5) is 0. The highest BCUT2D eigenvalue weighted by Gasteiger charge is 2.37. The fraction of sp³-hybridized carbons (Fsp3) is 0.571. The Morgan fingerprint density at radius 1 is 1.28 bits per heavy atom. The molecule has 0 bridgehead atoms. The van der Waals surface area contributed by atoms with Crippen molar-refractivity contribution in [1.82, 2.24) is 0 Å². The number of unbranched alkanes of at least 4 members (excludes halogenated alkanes) is 1. The van der Waals surface area contributed by atoms with Gasteiger partial charge in [-0.05, 0) is 37.0 Å². The van der Waals surface area contributed by atoms with Gasteiger partial charge in [0.05, 0.1) is 10.7 Å². The lowest BCUT2D eigenvalue weighted by atomic mass is 9.76. The van der Waals surface area contributed by atoms with Crippen LogP contribution in [0.4, 0.5) is 5.69 Å². The Hall–Kier alpha value is -0.110. The number of alkyl halides is 1. The highest BCUT2D eigenvalue weighted by molar-refractivity contribution is 6.36. The molecule has 100 valence electrons. The molecule has 1 unspecified atom stereocenters. The minimum absolute atomic E-state index is 0.163. The summed E-state index contributed by atoms with van der Waals surface area (Å²) in [6, 6.07) is 3.87. The van der Waals surface area contributed by atoms with Gasteiger partial charge in [0.1, 0.15) is 0 Å². The van der Waals surface area contributed by atoms with Gasteiger partial charge in [0.2, 0.25) is 0 Å². The molecule has 2 rings (SSSR count). The number of halogens is 3. The van der Waals surface area contributed by atoms with E-state index < -0.39 is 0 Å². The van der Waals surface area contributed by atoms with Gasteiger partial charge < -0.3 is 5.32 Å². The number of hydrogen-bond acceptors (Lipinski definition) is 1. The maximum absolute atomic E-state index is 6.25. The summed E-state index contributed by atoms with van der Waals surface area (Å²) in [6.45, 7) is 3.17. The Morgan fingerprint density at radius 3 is 2.72 bits per heavy atom. The zero-order chi connectivity index (χ0) is 13.2. The summed E-state index contributed by atoms with van der Waals surface area (Å²) in [6.07, 6.45) is 4.42. The first-order chi connectivity index (χ1) is 8.63. The minimum atomic E-state index is 0.163. The molecule has 0 saturated carbocycles. The molecule has 0 aliphatic carbocycles. The molecule has 1 heterocycles. The lowest BCUT2D eigenvalue weighted by Gasteiger charge is -2.28. The predicted molar refractivity (Wildman–Crippen MR) is 81.5 cm³/mol. The summed E-state index contributed by atoms with van der Waals surface area (Å²) < 4.78 is 0. The minimum Gasteiger partial charge on any atom is -0.383 e. The van der Waals surface area contributed by atoms with Crippen molar-refractivity contribution >= 4 is 40.5 Å². The second-order valence-corrected chi connectivity index (χ2v) is 6.17. The number of anilines is 1. The standard InChI is InChI=1S/C14H18Cl3N/c1-2-14(5-3-4-6-15)9-18-13-11(14)7-10(16)8-12(13)17/h7-8,18H,2-6,9H2,1H3. The normalized spacial score (nSPS) is 21.8. The molecule has 1 aromatic carbocycles. The van der Waals surface area contributed by atoms with Gasteiger partial charge in [-0.3, -0.25) is 0 Å². The van der Waals surface area contributed by atoms with Gasteiger partial charge in [0.25, 0.3) is 0 Å². The van der Waals surface area contributed by atoms with Crippen molar-refractivity contribution in [2.75, 3.05) is 17.7 Å². The van der Waals surface area contributed by atoms with E-state index in [2.05, 4.69) is 18.3 Å². The number of nitrogens with one attached hydrogen (secondary N) is 1. The third-order valence-corrected chi connectivity index (χ3v) is 4.73. The SMILES string of the molecule is CCC1(CCCCCl)CNc2c(Cl)cc(Cl)cc21. The van der Waals surface area contributed by atoms with Crippen LogP contribution < -0.4 is 5.32 Å². The first-order valence-electron chi connectivity index (χ1n) is 6.42. The number of fused-ring (bicyclic) bond motifs is 1. The molecular formula is C14H18Cl3N. The Bertz CT molecular complexity index is 433. The molecule has 0 aromatic heterocycles. The van der Waals surface area contributed by atoms with Crippen molar-refractivity contribution in [2.24, 2.45) is 0 Å². The fourth-order valence-electron chi connectivity index (χ4n) is 2.80. The zero-order valence-electron chi connectivity index (χ0n) is 10.5. The van der Waals surface area contributed by atoms with E-state index >= 15 is 0 Å². The summed E-state index contributed by atoms with van der Waals surface area (Å²) in [7, 11) is 0. The third kappa shape index (κ3) is 2.59. The monoisotopic (exact) mass is 305 g/mol. The van der Waals surface area contributed by atoms with Crippen LogP contribution in [0.25, 0.3) is 0 Å². The molecule has 1 nitrogen and oxygen atoms in total. The molecule has 0 fully saturated rings. The molecule has 0 amide bonds. The van der Waals surface area contributed by atoms with Crippen LogP contribution in [0, 0.1) is 0 Å². The smallest absolute Gasteiger partial charge is 0.0655 e. The van der Waals surface area contributed by atoms with Crippen molar-refractivity contribution in [2.45, 2.75) is 38.0 Å². The first-order valence-corrected chi connectivity index (χ1v) is 7.71. The number of hydrogen-bond donors (Lipinski definition) is 1. The van der Waals surface area contributed by atoms with Gasteiger partial charge in [0, 0.05) is 22.9 Å². The molecule has 1 N–H and O–H groups in total. The Kier molecular flexibility index (Phi) is 4.69. The number of benzene rings is 1. The van der Waals surface area contributed by atoms with E-state index in [-0.39, 0.29) is 5.41 Å². The lowest BCUT2D eigenvalue weighted by Crippen LogP contribution is -2.27. The maximum Gasteiger partial charge on any atom is 0.0655 e. The topological polar surface area (TPSA) is 12.0 Å². The number of rotatable bonds is 5. The molecule has 0 saturated heterocycles. The van der Waals surface area contributed by atoms with Gasteiger partial charge in [-0.25, -0.2) is 0 Å². The second kappa shape index (κ2) is 5.90. The van der Waals surface area contributed by atoms with Gasteiger partial charge in [-0.15, -0.1) is 11.6 Å². The van der Waals surface area contributed by atoms with Gasteiger partial charge in [-0.1, -0.05) is 36.5 Å². The maximum atomic E-state index is 6.25. The van der Waals surface area contributed by atoms with E-state index in [1.54, 1.807) is 6.07 Å². The van der Waals surface area contributed by atoms with Crippen molar-refractivity contribution in [3.8, 4) is 0 Å². The van der Waals surface area contributed by atoms with E-state index in [0.717, 1.165) is 53.8 Å². The molecule has 1 aliphatic heterocycles. The van der Waals surface area contributed by atoms with Crippen molar-refractivity contribution in [3.05, 3.63) is 27.7 Å². The molecule has 18 heavy (non-hydrogen) atoms. The van der Waals surface area contributed by atoms with Crippen LogP contribution in [0.5, 0.6) is 0 Å². The second-order valence-electron chi connectivity index (χ2n) is 4.94. The Labute approximate surface area is 124 Å². The third-order valence-electron chi connectivity index (χ3n) is 3.95. The van der Waals surface area contributed by atoms with Crippen LogP contribution in [0.2, 0.25) is 10.0 Å². The largest absolute Gasteiger partial charge is 0.383 e. The van der Waals surface area contributed by atoms with Crippen molar-refractivity contribution in [1.29, 1.82) is 0 Å². The Balaban J connectivity index is 2.31. The first kappa shape index (κ1) is 14.3. The average molecular weight is 307 g/mol. The highest BCUT2D eigenvalue weighted by atomic mass is 35.5. The molecule has 4 heteroatoms. The highest BCUT2D eigenvalue weighted by Crippen LogP contribution is 2.46. The molecule has 0 radical (unpaired) electrons. The van der Waals surface area contributed by atoms with Crippen molar-refractivity contribution < 1.29 is 0 Å². The van der Waals surface area contributed by atoms with Crippen LogP contribution in [-0.2, 0) is 5.41 Å². The molecule has 0 spiro atoms. The lowest BCUT2D eigenvalue weighted by molar-refractivity contribution is 0.403. The van der Waals surface area contributed by atoms with E-state index in [9.17, 15) is 0 Å². The van der Waals surface area contributed by atoms with Crippen LogP contribution in [0.1, 0.15) is 38.2 Å². The fourth-order valence-corrected chi connectivity index (χ4v) is 3.55. The van der Waals surface area contributed by atoms with Crippen LogP contribution in [0.3, 0.4) is 0 Å². The van der Waals surface area contributed by atoms with E-state index in [1.165, 1.54) is 5.56 Å². The van der Waals surface area contributed by atoms with Gasteiger partial charge >= 0.3 is 0 Å². The predicted octanol–water partition coefficient (Wildman–Crippen LogP) is 5.48. The van der Waals surface area contributed by atoms with Crippen molar-refractivity contribution in [3.63, 3.8) is 0 Å². The summed E-state index contributed by atoms with van der Waals surface area (Å²) >= 11 is 18.2. The molecule has 1 aromatic rings. The van der Waals surface area contributed by atoms with E-state index in [0.29, 0.717) is 0 Å². The van der Waals surface area contributed by atoms with Crippen LogP contribution >= 0.6 is 34.8 Å². The summed E-state index contributed by atoms with van der Waals surface area (Å²) in [5, 5.41) is 4.89. The molecule has 1 aliphatic rings.